The van der Waals surface area contributed by atoms with E-state index >= 15 is 0 Å². The first-order valence-electron chi connectivity index (χ1n) is 16.4. The number of carbonyl (C=O) groups excluding carboxylic acids is 2. The number of benzene rings is 1. The molecule has 1 aromatic carbocycles. The van der Waals surface area contributed by atoms with Gasteiger partial charge in [-0.1, -0.05) is 44.9 Å². The quantitative estimate of drug-likeness (QED) is 0.162. The molecule has 1 saturated heterocycles. The third-order valence-electron chi connectivity index (χ3n) is 8.23. The highest BCUT2D eigenvalue weighted by Crippen LogP contribution is 2.53. The summed E-state index contributed by atoms with van der Waals surface area (Å²) in [6.07, 6.45) is 23.8. The maximum absolute atomic E-state index is 11.3. The fraction of sp³-hybridized carbons (Fsp3) is 0.568. The molecule has 1 saturated carbocycles. The molecule has 2 aromatic heterocycles. The van der Waals surface area contributed by atoms with E-state index in [2.05, 4.69) is 51.0 Å². The molecule has 8 nitrogen and oxygen atoms in total. The van der Waals surface area contributed by atoms with Crippen LogP contribution in [0.25, 0.3) is 22.2 Å². The number of piperidine rings is 1. The number of likely N-dealkylation sites (tertiary alicyclic amines) is 1. The number of aryl methyl sites for hydroxylation is 1. The number of nitrogens with one attached hydrogen (secondary N) is 2. The van der Waals surface area contributed by atoms with Crippen molar-refractivity contribution in [3.63, 3.8) is 0 Å². The first-order chi connectivity index (χ1) is 22.0. The molecular formula is C37H57N5O3. The highest BCUT2D eigenvalue weighted by molar-refractivity contribution is 5.85. The van der Waals surface area contributed by atoms with Gasteiger partial charge in [-0.25, -0.2) is 9.97 Å². The van der Waals surface area contributed by atoms with E-state index in [1.54, 1.807) is 7.11 Å². The number of fused-ring (bicyclic) bond motifs is 1. The number of nitrogens with zero attached hydrogens (tertiary/aromatic N) is 3. The number of imidazole rings is 1. The Bertz CT molecular complexity index is 1240. The minimum atomic E-state index is 0.364. The summed E-state index contributed by atoms with van der Waals surface area (Å²) in [5, 5.41) is 3.83. The lowest BCUT2D eigenvalue weighted by molar-refractivity contribution is -0.118. The summed E-state index contributed by atoms with van der Waals surface area (Å²) in [5.41, 5.74) is 3.63. The van der Waals surface area contributed by atoms with Crippen molar-refractivity contribution < 1.29 is 14.3 Å². The number of H-pyrrole nitrogens is 1. The third kappa shape index (κ3) is 14.0. The Hall–Kier alpha value is -3.54. The predicted octanol–water partition coefficient (Wildman–Crippen LogP) is 7.28. The zero-order valence-corrected chi connectivity index (χ0v) is 28.5. The molecule has 2 aliphatic rings. The molecule has 1 aliphatic heterocycles. The number of hydrogen-bond acceptors (Lipinski definition) is 7. The van der Waals surface area contributed by atoms with Crippen molar-refractivity contribution in [3.8, 4) is 30.0 Å². The van der Waals surface area contributed by atoms with Gasteiger partial charge in [-0.15, -0.1) is 12.8 Å². The molecule has 0 bridgehead atoms. The lowest BCUT2D eigenvalue weighted by Crippen LogP contribution is -2.34. The van der Waals surface area contributed by atoms with E-state index in [0.29, 0.717) is 18.1 Å². The average molecular weight is 620 g/mol. The first kappa shape index (κ1) is 39.5. The van der Waals surface area contributed by atoms with Crippen LogP contribution < -0.4 is 10.1 Å². The van der Waals surface area contributed by atoms with E-state index in [1.165, 1.54) is 51.7 Å². The third-order valence-corrected chi connectivity index (χ3v) is 8.23. The van der Waals surface area contributed by atoms with Gasteiger partial charge >= 0.3 is 0 Å². The van der Waals surface area contributed by atoms with E-state index in [9.17, 15) is 4.79 Å². The van der Waals surface area contributed by atoms with Crippen LogP contribution in [-0.2, 0) is 16.0 Å². The van der Waals surface area contributed by atoms with Gasteiger partial charge in [0.1, 0.15) is 18.4 Å². The largest absolute Gasteiger partial charge is 0.480 e. The Kier molecular flexibility index (Phi) is 20.1. The molecule has 8 heteroatoms. The van der Waals surface area contributed by atoms with Gasteiger partial charge in [0, 0.05) is 24.6 Å². The fourth-order valence-electron chi connectivity index (χ4n) is 5.46. The van der Waals surface area contributed by atoms with E-state index in [1.807, 2.05) is 58.3 Å². The number of hydrogen-bond donors (Lipinski definition) is 2. The Balaban J connectivity index is 0.000000463. The molecule has 1 aliphatic carbocycles. The van der Waals surface area contributed by atoms with Crippen molar-refractivity contribution in [2.24, 2.45) is 5.41 Å². The smallest absolute Gasteiger partial charge is 0.223 e. The lowest BCUT2D eigenvalue weighted by Gasteiger charge is -2.31. The van der Waals surface area contributed by atoms with Crippen molar-refractivity contribution in [1.29, 1.82) is 0 Å². The average Bonchev–Trinajstić information content (AvgIpc) is 3.68. The highest BCUT2D eigenvalue weighted by atomic mass is 16.5. The number of pyridine rings is 1. The van der Waals surface area contributed by atoms with E-state index in [0.717, 1.165) is 71.9 Å². The topological polar surface area (TPSA) is 100 Å². The molecule has 0 unspecified atom stereocenters. The van der Waals surface area contributed by atoms with Crippen LogP contribution in [0.4, 0.5) is 0 Å². The zero-order valence-electron chi connectivity index (χ0n) is 28.5. The summed E-state index contributed by atoms with van der Waals surface area (Å²) in [6.45, 7) is 10.3. The monoisotopic (exact) mass is 619 g/mol. The second kappa shape index (κ2) is 22.9. The molecule has 0 amide bonds. The van der Waals surface area contributed by atoms with E-state index < -0.39 is 0 Å². The molecular weight excluding hydrogens is 562 g/mol. The molecule has 5 rings (SSSR count). The van der Waals surface area contributed by atoms with Gasteiger partial charge < -0.3 is 24.7 Å². The second-order valence-corrected chi connectivity index (χ2v) is 11.6. The van der Waals surface area contributed by atoms with Gasteiger partial charge in [0.05, 0.1) is 30.1 Å². The van der Waals surface area contributed by atoms with Gasteiger partial charge in [-0.05, 0) is 96.2 Å². The molecule has 2 N–H and O–H groups in total. The van der Waals surface area contributed by atoms with E-state index in [-0.39, 0.29) is 0 Å². The van der Waals surface area contributed by atoms with Crippen LogP contribution in [0.1, 0.15) is 90.3 Å². The minimum absolute atomic E-state index is 0.364. The number of aromatic amines is 1. The number of ketones is 1. The Morgan fingerprint density at radius 1 is 1.04 bits per heavy atom. The number of terminal acetylenes is 1. The van der Waals surface area contributed by atoms with Crippen molar-refractivity contribution >= 4 is 23.5 Å². The predicted molar refractivity (Wildman–Crippen MR) is 188 cm³/mol. The normalized spacial score (nSPS) is 14.3. The summed E-state index contributed by atoms with van der Waals surface area (Å²) >= 11 is 0. The Labute approximate surface area is 272 Å². The van der Waals surface area contributed by atoms with Crippen LogP contribution in [0.3, 0.4) is 0 Å². The van der Waals surface area contributed by atoms with Crippen LogP contribution in [0, 0.1) is 18.3 Å². The molecule has 45 heavy (non-hydrogen) atoms. The molecule has 0 radical (unpaired) electrons. The number of unbranched alkanes of at least 4 members (excludes halogenated alkanes) is 3. The highest BCUT2D eigenvalue weighted by Gasteiger charge is 2.44. The standard InChI is InChI=1S/C22H27N3O2.C10H19N.C2H7N.C2H2.CH2O/c1-3-17(26)11-6-4-5-7-13-21-23-15-20(24-21)18-14-16-10-8-9-12-19(16)25-22(18)27-2;1-2-7-11-8-5-10(3-4-10)6-9-11;1-3-2;2*1-2/h8-10,12,14-15H,3-7,11,13H2,1-2H3,(H,23,24);2-9H2,1H3;3H,1-2H3;1-2H;1H2. The van der Waals surface area contributed by atoms with Crippen LogP contribution in [0.15, 0.2) is 36.5 Å². The van der Waals surface area contributed by atoms with Gasteiger partial charge in [-0.3, -0.25) is 4.79 Å². The van der Waals surface area contributed by atoms with Crippen LogP contribution in [-0.4, -0.2) is 73.3 Å². The van der Waals surface area contributed by atoms with Gasteiger partial charge in [0.2, 0.25) is 5.88 Å². The maximum Gasteiger partial charge on any atom is 0.223 e. The number of ether oxygens (including phenoxy) is 1. The molecule has 3 aromatic rings. The van der Waals surface area contributed by atoms with Gasteiger partial charge in [-0.2, -0.15) is 0 Å². The number of rotatable bonds is 12. The number of methoxy groups -OCH3 is 1. The molecule has 0 atom stereocenters. The first-order valence-corrected chi connectivity index (χ1v) is 16.4. The fourth-order valence-corrected chi connectivity index (χ4v) is 5.46. The van der Waals surface area contributed by atoms with Crippen molar-refractivity contribution in [2.45, 2.75) is 90.9 Å². The summed E-state index contributed by atoms with van der Waals surface area (Å²) in [4.78, 5) is 34.5. The van der Waals surface area contributed by atoms with Crippen molar-refractivity contribution in [1.82, 2.24) is 25.2 Å². The van der Waals surface area contributed by atoms with E-state index in [4.69, 9.17) is 9.53 Å². The molecule has 2 fully saturated rings. The molecule has 3 heterocycles. The SMILES string of the molecule is C#C.C=O.CCC(=O)CCCCCCc1ncc(-c2cc3ccccc3nc2OC)[nH]1.CCCN1CCC2(CC1)CC2.CNC. The Morgan fingerprint density at radius 3 is 2.29 bits per heavy atom. The Morgan fingerprint density at radius 2 is 1.69 bits per heavy atom. The lowest BCUT2D eigenvalue weighted by atomic mass is 9.94. The van der Waals surface area contributed by atoms with Gasteiger partial charge in [0.25, 0.3) is 0 Å². The number of carbonyl (C=O) groups is 2. The number of aromatic nitrogens is 3. The molecule has 248 valence electrons. The molecule has 1 spiro atoms. The summed E-state index contributed by atoms with van der Waals surface area (Å²) in [7, 11) is 5.39. The van der Waals surface area contributed by atoms with Crippen LogP contribution >= 0.6 is 0 Å². The summed E-state index contributed by atoms with van der Waals surface area (Å²) in [5.74, 6) is 1.94. The second-order valence-electron chi connectivity index (χ2n) is 11.6. The van der Waals surface area contributed by atoms with Crippen molar-refractivity contribution in [3.05, 3.63) is 42.4 Å². The van der Waals surface area contributed by atoms with Crippen LogP contribution in [0.5, 0.6) is 5.88 Å². The summed E-state index contributed by atoms with van der Waals surface area (Å²) in [6, 6.07) is 10.1. The summed E-state index contributed by atoms with van der Waals surface area (Å²) < 4.78 is 5.48. The maximum atomic E-state index is 11.3. The minimum Gasteiger partial charge on any atom is -0.480 e. The van der Waals surface area contributed by atoms with Crippen LogP contribution in [0.2, 0.25) is 0 Å². The van der Waals surface area contributed by atoms with Gasteiger partial charge in [0.15, 0.2) is 0 Å². The number of para-hydroxylation sites is 1. The zero-order chi connectivity index (χ0) is 33.5. The number of Topliss-reactive ketones (excluding diaryl/α,β-unsaturated/α-hetero) is 1. The van der Waals surface area contributed by atoms with Crippen molar-refractivity contribution in [2.75, 3.05) is 40.8 Å².